The van der Waals surface area contributed by atoms with Gasteiger partial charge in [0.2, 0.25) is 11.8 Å². The molecule has 1 unspecified atom stereocenters. The van der Waals surface area contributed by atoms with Crippen molar-refractivity contribution in [2.24, 2.45) is 5.92 Å². The Balaban J connectivity index is 1.65. The fourth-order valence-corrected chi connectivity index (χ4v) is 3.30. The smallest absolute Gasteiger partial charge is 0.268 e. The second-order valence-electron chi connectivity index (χ2n) is 7.01. The SMILES string of the molecule is CC(C)C(=O)N1CCN(C(=O)CN2C(=O)C(C)Oc3ccccc32)CC1. The molecule has 2 heterocycles. The first-order valence-corrected chi connectivity index (χ1v) is 9.02. The van der Waals surface area contributed by atoms with Crippen LogP contribution in [-0.4, -0.2) is 66.3 Å². The maximum atomic E-state index is 12.7. The summed E-state index contributed by atoms with van der Waals surface area (Å²) in [6.45, 7) is 7.48. The molecule has 0 N–H and O–H groups in total. The Labute approximate surface area is 153 Å². The van der Waals surface area contributed by atoms with E-state index in [1.807, 2.05) is 26.0 Å². The number of fused-ring (bicyclic) bond motifs is 1. The zero-order chi connectivity index (χ0) is 18.8. The summed E-state index contributed by atoms with van der Waals surface area (Å²) in [5.74, 6) is 0.355. The molecule has 1 aromatic rings. The summed E-state index contributed by atoms with van der Waals surface area (Å²) in [6.07, 6.45) is -0.613. The Morgan fingerprint density at radius 2 is 1.73 bits per heavy atom. The van der Waals surface area contributed by atoms with Gasteiger partial charge in [0.1, 0.15) is 12.3 Å². The topological polar surface area (TPSA) is 70.2 Å². The summed E-state index contributed by atoms with van der Waals surface area (Å²) < 4.78 is 5.60. The van der Waals surface area contributed by atoms with Crippen LogP contribution in [0.25, 0.3) is 0 Å². The normalized spacial score (nSPS) is 20.1. The minimum atomic E-state index is -0.613. The molecule has 3 amide bonds. The fourth-order valence-electron chi connectivity index (χ4n) is 3.30. The third-order valence-corrected chi connectivity index (χ3v) is 4.80. The van der Waals surface area contributed by atoms with E-state index < -0.39 is 6.10 Å². The average molecular weight is 359 g/mol. The number of anilines is 1. The molecule has 1 aromatic carbocycles. The molecule has 1 saturated heterocycles. The summed E-state index contributed by atoms with van der Waals surface area (Å²) in [6, 6.07) is 7.24. The van der Waals surface area contributed by atoms with Crippen LogP contribution in [0.5, 0.6) is 5.75 Å². The zero-order valence-corrected chi connectivity index (χ0v) is 15.5. The molecule has 7 heteroatoms. The molecule has 0 radical (unpaired) electrons. The van der Waals surface area contributed by atoms with Crippen molar-refractivity contribution in [2.75, 3.05) is 37.6 Å². The van der Waals surface area contributed by atoms with Gasteiger partial charge in [-0.1, -0.05) is 26.0 Å². The molecule has 1 atom stereocenters. The molecule has 7 nitrogen and oxygen atoms in total. The number of benzene rings is 1. The number of nitrogens with zero attached hydrogens (tertiary/aromatic N) is 3. The molecule has 3 rings (SSSR count). The van der Waals surface area contributed by atoms with Crippen LogP contribution in [0.4, 0.5) is 5.69 Å². The predicted molar refractivity (Wildman–Crippen MR) is 96.9 cm³/mol. The van der Waals surface area contributed by atoms with Crippen molar-refractivity contribution in [3.05, 3.63) is 24.3 Å². The van der Waals surface area contributed by atoms with Crippen LogP contribution in [0.1, 0.15) is 20.8 Å². The van der Waals surface area contributed by atoms with Crippen LogP contribution in [0.3, 0.4) is 0 Å². The minimum Gasteiger partial charge on any atom is -0.479 e. The molecule has 1 fully saturated rings. The Kier molecular flexibility index (Phi) is 5.15. The molecule has 0 aromatic heterocycles. The number of carbonyl (C=O) groups excluding carboxylic acids is 3. The molecular formula is C19H25N3O4. The van der Waals surface area contributed by atoms with Crippen molar-refractivity contribution < 1.29 is 19.1 Å². The molecule has 2 aliphatic heterocycles. The Hall–Kier alpha value is -2.57. The number of piperazine rings is 1. The number of carbonyl (C=O) groups is 3. The van der Waals surface area contributed by atoms with Gasteiger partial charge in [-0.25, -0.2) is 0 Å². The lowest BCUT2D eigenvalue weighted by atomic mass is 10.1. The second kappa shape index (κ2) is 7.35. The van der Waals surface area contributed by atoms with Crippen LogP contribution in [0.15, 0.2) is 24.3 Å². The summed E-state index contributed by atoms with van der Waals surface area (Å²) >= 11 is 0. The zero-order valence-electron chi connectivity index (χ0n) is 15.5. The number of hydrogen-bond donors (Lipinski definition) is 0. The lowest BCUT2D eigenvalue weighted by molar-refractivity contribution is -0.141. The first-order valence-electron chi connectivity index (χ1n) is 9.02. The van der Waals surface area contributed by atoms with Crippen molar-refractivity contribution >= 4 is 23.4 Å². The summed E-state index contributed by atoms with van der Waals surface area (Å²) in [5, 5.41) is 0. The molecular weight excluding hydrogens is 334 g/mol. The fraction of sp³-hybridized carbons (Fsp3) is 0.526. The molecule has 140 valence electrons. The van der Waals surface area contributed by atoms with Gasteiger partial charge in [0.15, 0.2) is 6.10 Å². The maximum absolute atomic E-state index is 12.7. The molecule has 0 bridgehead atoms. The average Bonchev–Trinajstić information content (AvgIpc) is 2.64. The van der Waals surface area contributed by atoms with Gasteiger partial charge in [-0.3, -0.25) is 19.3 Å². The van der Waals surface area contributed by atoms with Crippen molar-refractivity contribution in [1.29, 1.82) is 0 Å². The highest BCUT2D eigenvalue weighted by atomic mass is 16.5. The van der Waals surface area contributed by atoms with E-state index in [1.54, 1.807) is 28.9 Å². The van der Waals surface area contributed by atoms with Gasteiger partial charge in [0, 0.05) is 32.1 Å². The van der Waals surface area contributed by atoms with Gasteiger partial charge in [0.25, 0.3) is 5.91 Å². The summed E-state index contributed by atoms with van der Waals surface area (Å²) in [4.78, 5) is 42.3. The third kappa shape index (κ3) is 3.52. The maximum Gasteiger partial charge on any atom is 0.268 e. The lowest BCUT2D eigenvalue weighted by Crippen LogP contribution is -2.55. The van der Waals surface area contributed by atoms with Crippen LogP contribution in [0, 0.1) is 5.92 Å². The van der Waals surface area contributed by atoms with Crippen molar-refractivity contribution in [3.63, 3.8) is 0 Å². The first kappa shape index (κ1) is 18.2. The van der Waals surface area contributed by atoms with Gasteiger partial charge in [-0.2, -0.15) is 0 Å². The van der Waals surface area contributed by atoms with E-state index in [0.717, 1.165) is 0 Å². The van der Waals surface area contributed by atoms with Crippen LogP contribution >= 0.6 is 0 Å². The predicted octanol–water partition coefficient (Wildman–Crippen LogP) is 1.13. The van der Waals surface area contributed by atoms with E-state index in [9.17, 15) is 14.4 Å². The Morgan fingerprint density at radius 1 is 1.12 bits per heavy atom. The first-order chi connectivity index (χ1) is 12.4. The largest absolute Gasteiger partial charge is 0.479 e. The lowest BCUT2D eigenvalue weighted by Gasteiger charge is -2.38. The Morgan fingerprint density at radius 3 is 2.38 bits per heavy atom. The van der Waals surface area contributed by atoms with Crippen LogP contribution in [-0.2, 0) is 14.4 Å². The second-order valence-corrected chi connectivity index (χ2v) is 7.01. The van der Waals surface area contributed by atoms with Gasteiger partial charge >= 0.3 is 0 Å². The number of hydrogen-bond acceptors (Lipinski definition) is 4. The highest BCUT2D eigenvalue weighted by molar-refractivity contribution is 6.03. The van der Waals surface area contributed by atoms with Gasteiger partial charge in [-0.15, -0.1) is 0 Å². The number of para-hydroxylation sites is 2. The monoisotopic (exact) mass is 359 g/mol. The van der Waals surface area contributed by atoms with Crippen LogP contribution < -0.4 is 9.64 Å². The summed E-state index contributed by atoms with van der Waals surface area (Å²) in [5.41, 5.74) is 0.623. The highest BCUT2D eigenvalue weighted by Gasteiger charge is 2.34. The van der Waals surface area contributed by atoms with E-state index in [1.165, 1.54) is 4.90 Å². The van der Waals surface area contributed by atoms with Gasteiger partial charge in [-0.05, 0) is 19.1 Å². The number of rotatable bonds is 3. The standard InChI is InChI=1S/C19H25N3O4/c1-13(2)18(24)21-10-8-20(9-11-21)17(23)12-22-15-6-4-5-7-16(15)26-14(3)19(22)25/h4-7,13-14H,8-12H2,1-3H3. The highest BCUT2D eigenvalue weighted by Crippen LogP contribution is 2.33. The summed E-state index contributed by atoms with van der Waals surface area (Å²) in [7, 11) is 0. The van der Waals surface area contributed by atoms with E-state index in [4.69, 9.17) is 4.74 Å². The quantitative estimate of drug-likeness (QED) is 0.811. The van der Waals surface area contributed by atoms with E-state index >= 15 is 0 Å². The molecule has 2 aliphatic rings. The van der Waals surface area contributed by atoms with E-state index in [0.29, 0.717) is 37.6 Å². The molecule has 0 saturated carbocycles. The molecule has 26 heavy (non-hydrogen) atoms. The van der Waals surface area contributed by atoms with E-state index in [2.05, 4.69) is 0 Å². The van der Waals surface area contributed by atoms with Crippen molar-refractivity contribution in [2.45, 2.75) is 26.9 Å². The minimum absolute atomic E-state index is 0.0122. The van der Waals surface area contributed by atoms with Crippen molar-refractivity contribution in [3.8, 4) is 5.75 Å². The van der Waals surface area contributed by atoms with E-state index in [-0.39, 0.29) is 30.2 Å². The van der Waals surface area contributed by atoms with Gasteiger partial charge < -0.3 is 14.5 Å². The number of ether oxygens (including phenoxy) is 1. The molecule has 0 spiro atoms. The third-order valence-electron chi connectivity index (χ3n) is 4.80. The number of amides is 3. The van der Waals surface area contributed by atoms with Gasteiger partial charge in [0.05, 0.1) is 5.69 Å². The molecule has 0 aliphatic carbocycles. The van der Waals surface area contributed by atoms with Crippen molar-refractivity contribution in [1.82, 2.24) is 9.80 Å². The van der Waals surface area contributed by atoms with Crippen LogP contribution in [0.2, 0.25) is 0 Å². The Bertz CT molecular complexity index is 710.